The summed E-state index contributed by atoms with van der Waals surface area (Å²) < 4.78 is 1.98. The third kappa shape index (κ3) is 2.45. The van der Waals surface area contributed by atoms with Gasteiger partial charge in [0.2, 0.25) is 0 Å². The van der Waals surface area contributed by atoms with Crippen molar-refractivity contribution in [2.45, 2.75) is 6.54 Å². The smallest absolute Gasteiger partial charge is 0.321 e. The van der Waals surface area contributed by atoms with Gasteiger partial charge < -0.3 is 15.2 Å². The second-order valence-electron chi connectivity index (χ2n) is 4.78. The normalized spacial score (nSPS) is 14.4. The molecule has 6 nitrogen and oxygen atoms in total. The summed E-state index contributed by atoms with van der Waals surface area (Å²) in [7, 11) is 1.97. The lowest BCUT2D eigenvalue weighted by Gasteiger charge is -2.16. The number of carbonyl (C=O) groups excluding carboxylic acids is 1. The Morgan fingerprint density at radius 1 is 1.45 bits per heavy atom. The molecule has 1 aromatic heterocycles. The topological polar surface area (TPSA) is 62.2 Å². The van der Waals surface area contributed by atoms with Crippen LogP contribution < -0.4 is 15.5 Å². The number of nitrogens with one attached hydrogen (secondary N) is 2. The van der Waals surface area contributed by atoms with E-state index in [-0.39, 0.29) is 6.03 Å². The predicted molar refractivity (Wildman–Crippen MR) is 77.7 cm³/mol. The fraction of sp³-hybridized carbons (Fsp3) is 0.286. The zero-order chi connectivity index (χ0) is 13.9. The van der Waals surface area contributed by atoms with Crippen molar-refractivity contribution in [2.75, 3.05) is 23.3 Å². The molecule has 1 aromatic carbocycles. The van der Waals surface area contributed by atoms with Gasteiger partial charge in [0.1, 0.15) is 0 Å². The number of aromatic nitrogens is 2. The minimum absolute atomic E-state index is 0.0335. The molecule has 1 aliphatic heterocycles. The molecule has 6 heteroatoms. The Morgan fingerprint density at radius 2 is 2.35 bits per heavy atom. The van der Waals surface area contributed by atoms with E-state index in [0.717, 1.165) is 17.1 Å². The zero-order valence-electron chi connectivity index (χ0n) is 11.3. The van der Waals surface area contributed by atoms with Crippen LogP contribution in [0.3, 0.4) is 0 Å². The van der Waals surface area contributed by atoms with Gasteiger partial charge in [0.05, 0.1) is 18.6 Å². The summed E-state index contributed by atoms with van der Waals surface area (Å²) in [5.74, 6) is 0. The molecule has 2 N–H and O–H groups in total. The van der Waals surface area contributed by atoms with Crippen LogP contribution in [-0.4, -0.2) is 28.7 Å². The summed E-state index contributed by atoms with van der Waals surface area (Å²) >= 11 is 0. The van der Waals surface area contributed by atoms with Crippen molar-refractivity contribution in [3.63, 3.8) is 0 Å². The molecule has 0 bridgehead atoms. The molecule has 2 heterocycles. The molecular formula is C14H17N5O. The molecule has 0 spiro atoms. The number of nitrogens with zero attached hydrogens (tertiary/aromatic N) is 3. The highest BCUT2D eigenvalue weighted by molar-refractivity contribution is 5.94. The van der Waals surface area contributed by atoms with Crippen molar-refractivity contribution in [3.8, 4) is 0 Å². The molecule has 104 valence electrons. The molecule has 0 atom stereocenters. The summed E-state index contributed by atoms with van der Waals surface area (Å²) in [4.78, 5) is 17.5. The fourth-order valence-corrected chi connectivity index (χ4v) is 2.25. The Hall–Kier alpha value is -2.50. The number of anilines is 2. The van der Waals surface area contributed by atoms with E-state index in [9.17, 15) is 4.79 Å². The molecule has 0 saturated carbocycles. The molecule has 1 fully saturated rings. The second-order valence-corrected chi connectivity index (χ2v) is 4.78. The van der Waals surface area contributed by atoms with Gasteiger partial charge in [-0.3, -0.25) is 4.90 Å². The highest BCUT2D eigenvalue weighted by Gasteiger charge is 2.20. The molecule has 1 aliphatic rings. The Bertz CT molecular complexity index is 622. The van der Waals surface area contributed by atoms with Crippen molar-refractivity contribution in [1.82, 2.24) is 14.9 Å². The van der Waals surface area contributed by atoms with Crippen LogP contribution in [0.5, 0.6) is 0 Å². The van der Waals surface area contributed by atoms with Crippen LogP contribution in [0.25, 0.3) is 0 Å². The molecular weight excluding hydrogens is 254 g/mol. The SMILES string of the molecule is Cn1cncc1CNc1cccc(N2CCNC2=O)c1. The molecule has 0 unspecified atom stereocenters. The predicted octanol–water partition coefficient (Wildman–Crippen LogP) is 1.56. The first-order valence-corrected chi connectivity index (χ1v) is 6.58. The Labute approximate surface area is 117 Å². The molecule has 2 aromatic rings. The van der Waals surface area contributed by atoms with E-state index in [4.69, 9.17) is 0 Å². The van der Waals surface area contributed by atoms with Gasteiger partial charge in [0.25, 0.3) is 0 Å². The average Bonchev–Trinajstić information content (AvgIpc) is 3.05. The van der Waals surface area contributed by atoms with E-state index >= 15 is 0 Å². The summed E-state index contributed by atoms with van der Waals surface area (Å²) in [5.41, 5.74) is 3.01. The molecule has 3 rings (SSSR count). The van der Waals surface area contributed by atoms with Crippen molar-refractivity contribution in [1.29, 1.82) is 0 Å². The summed E-state index contributed by atoms with van der Waals surface area (Å²) in [6, 6.07) is 7.84. The first kappa shape index (κ1) is 12.5. The molecule has 1 saturated heterocycles. The quantitative estimate of drug-likeness (QED) is 0.887. The van der Waals surface area contributed by atoms with Crippen molar-refractivity contribution in [3.05, 3.63) is 42.5 Å². The lowest BCUT2D eigenvalue weighted by molar-refractivity contribution is 0.252. The first-order valence-electron chi connectivity index (χ1n) is 6.58. The first-order chi connectivity index (χ1) is 9.74. The average molecular weight is 271 g/mol. The van der Waals surface area contributed by atoms with Crippen LogP contribution >= 0.6 is 0 Å². The van der Waals surface area contributed by atoms with E-state index in [2.05, 4.69) is 15.6 Å². The maximum atomic E-state index is 11.7. The van der Waals surface area contributed by atoms with Crippen LogP contribution in [0, 0.1) is 0 Å². The number of hydrogen-bond acceptors (Lipinski definition) is 3. The number of imidazole rings is 1. The van der Waals surface area contributed by atoms with E-state index in [1.165, 1.54) is 0 Å². The van der Waals surface area contributed by atoms with Gasteiger partial charge in [-0.05, 0) is 18.2 Å². The van der Waals surface area contributed by atoms with Crippen molar-refractivity contribution < 1.29 is 4.79 Å². The number of rotatable bonds is 4. The fourth-order valence-electron chi connectivity index (χ4n) is 2.25. The molecule has 0 aliphatic carbocycles. The minimum Gasteiger partial charge on any atom is -0.379 e. The monoisotopic (exact) mass is 271 g/mol. The van der Waals surface area contributed by atoms with Crippen molar-refractivity contribution >= 4 is 17.4 Å². The lowest BCUT2D eigenvalue weighted by Crippen LogP contribution is -2.27. The number of hydrogen-bond donors (Lipinski definition) is 2. The molecule has 0 radical (unpaired) electrons. The number of aryl methyl sites for hydroxylation is 1. The van der Waals surface area contributed by atoms with Gasteiger partial charge in [-0.2, -0.15) is 0 Å². The van der Waals surface area contributed by atoms with E-state index in [1.807, 2.05) is 42.1 Å². The zero-order valence-corrected chi connectivity index (χ0v) is 11.3. The molecule has 2 amide bonds. The third-order valence-corrected chi connectivity index (χ3v) is 3.40. The van der Waals surface area contributed by atoms with Crippen molar-refractivity contribution in [2.24, 2.45) is 7.05 Å². The van der Waals surface area contributed by atoms with Crippen LogP contribution in [-0.2, 0) is 13.6 Å². The molecule has 20 heavy (non-hydrogen) atoms. The highest BCUT2D eigenvalue weighted by atomic mass is 16.2. The number of carbonyl (C=O) groups is 1. The lowest BCUT2D eigenvalue weighted by atomic mass is 10.2. The van der Waals surface area contributed by atoms with Gasteiger partial charge in [-0.1, -0.05) is 6.07 Å². The summed E-state index contributed by atoms with van der Waals surface area (Å²) in [6.45, 7) is 2.11. The maximum Gasteiger partial charge on any atom is 0.321 e. The number of urea groups is 1. The van der Waals surface area contributed by atoms with Crippen LogP contribution in [0.1, 0.15) is 5.69 Å². The van der Waals surface area contributed by atoms with Gasteiger partial charge >= 0.3 is 6.03 Å². The Kier molecular flexibility index (Phi) is 3.28. The summed E-state index contributed by atoms with van der Waals surface area (Å²) in [6.07, 6.45) is 3.62. The second kappa shape index (κ2) is 5.24. The number of amides is 2. The maximum absolute atomic E-state index is 11.7. The van der Waals surface area contributed by atoms with Gasteiger partial charge in [-0.15, -0.1) is 0 Å². The third-order valence-electron chi connectivity index (χ3n) is 3.40. The number of benzene rings is 1. The summed E-state index contributed by atoms with van der Waals surface area (Å²) in [5, 5.41) is 6.15. The van der Waals surface area contributed by atoms with E-state index in [0.29, 0.717) is 19.6 Å². The van der Waals surface area contributed by atoms with Crippen LogP contribution in [0.15, 0.2) is 36.8 Å². The Morgan fingerprint density at radius 3 is 3.05 bits per heavy atom. The largest absolute Gasteiger partial charge is 0.379 e. The van der Waals surface area contributed by atoms with Crippen LogP contribution in [0.4, 0.5) is 16.2 Å². The van der Waals surface area contributed by atoms with Gasteiger partial charge in [0.15, 0.2) is 0 Å². The van der Waals surface area contributed by atoms with E-state index < -0.39 is 0 Å². The van der Waals surface area contributed by atoms with Gasteiger partial charge in [-0.25, -0.2) is 9.78 Å². The van der Waals surface area contributed by atoms with Crippen LogP contribution in [0.2, 0.25) is 0 Å². The highest BCUT2D eigenvalue weighted by Crippen LogP contribution is 2.21. The Balaban J connectivity index is 1.71. The van der Waals surface area contributed by atoms with E-state index in [1.54, 1.807) is 11.2 Å². The van der Waals surface area contributed by atoms with Gasteiger partial charge in [0, 0.05) is 37.7 Å². The minimum atomic E-state index is -0.0335. The standard InChI is InChI=1S/C14H17N5O/c1-18-10-15-8-13(18)9-17-11-3-2-4-12(7-11)19-6-5-16-14(19)20/h2-4,7-8,10,17H,5-6,9H2,1H3,(H,16,20).